The zero-order valence-corrected chi connectivity index (χ0v) is 16.1. The molecule has 5 heterocycles. The van der Waals surface area contributed by atoms with Crippen molar-refractivity contribution in [3.8, 4) is 11.4 Å². The number of nitrogens with one attached hydrogen (secondary N) is 1. The molecule has 0 unspecified atom stereocenters. The van der Waals surface area contributed by atoms with E-state index in [0.717, 1.165) is 11.4 Å². The molecule has 0 aliphatic carbocycles. The molecule has 0 atom stereocenters. The van der Waals surface area contributed by atoms with Crippen LogP contribution in [-0.2, 0) is 0 Å². The van der Waals surface area contributed by atoms with Crippen LogP contribution in [0.15, 0.2) is 59.8 Å². The first kappa shape index (κ1) is 18.0. The van der Waals surface area contributed by atoms with Crippen LogP contribution in [0.25, 0.3) is 17.0 Å². The minimum atomic E-state index is -0.291. The first-order valence-electron chi connectivity index (χ1n) is 9.44. The summed E-state index contributed by atoms with van der Waals surface area (Å²) in [4.78, 5) is 34.5. The van der Waals surface area contributed by atoms with Crippen LogP contribution in [-0.4, -0.2) is 66.8 Å². The van der Waals surface area contributed by atoms with Crippen molar-refractivity contribution in [1.29, 1.82) is 0 Å². The lowest BCUT2D eigenvalue weighted by atomic mass is 10.1. The summed E-state index contributed by atoms with van der Waals surface area (Å²) >= 11 is 0. The first-order chi connectivity index (χ1) is 14.6. The van der Waals surface area contributed by atoms with Gasteiger partial charge in [0, 0.05) is 55.9 Å². The first-order valence-corrected chi connectivity index (χ1v) is 9.44. The molecule has 30 heavy (non-hydrogen) atoms. The van der Waals surface area contributed by atoms with E-state index in [0.29, 0.717) is 30.1 Å². The molecule has 0 saturated carbocycles. The number of H-pyrrole nitrogens is 1. The smallest absolute Gasteiger partial charge is 0.254 e. The molecule has 10 nitrogen and oxygen atoms in total. The van der Waals surface area contributed by atoms with Gasteiger partial charge in [0.05, 0.1) is 6.04 Å². The maximum Gasteiger partial charge on any atom is 0.254 e. The van der Waals surface area contributed by atoms with Gasteiger partial charge in [-0.05, 0) is 30.3 Å². The van der Waals surface area contributed by atoms with Crippen LogP contribution in [0.5, 0.6) is 0 Å². The van der Waals surface area contributed by atoms with Crippen LogP contribution in [0.1, 0.15) is 10.4 Å². The number of fused-ring (bicyclic) bond motifs is 1. The molecule has 4 aromatic heterocycles. The van der Waals surface area contributed by atoms with Crippen LogP contribution in [0, 0.1) is 0 Å². The Morgan fingerprint density at radius 2 is 2.07 bits per heavy atom. The number of carbonyl (C=O) groups excluding carboxylic acids is 1. The molecule has 1 aliphatic heterocycles. The third kappa shape index (κ3) is 3.08. The summed E-state index contributed by atoms with van der Waals surface area (Å²) in [5, 5.41) is 13.1. The van der Waals surface area contributed by atoms with Crippen molar-refractivity contribution in [3.05, 3.63) is 70.9 Å². The summed E-state index contributed by atoms with van der Waals surface area (Å²) in [5.74, 6) is 1.23. The molecule has 150 valence electrons. The number of aromatic nitrogens is 6. The van der Waals surface area contributed by atoms with E-state index in [1.807, 2.05) is 24.3 Å². The van der Waals surface area contributed by atoms with Gasteiger partial charge in [0.2, 0.25) is 5.56 Å². The number of carbonyl (C=O) groups is 1. The SMILES string of the molecule is CN(C(=O)c1cc[nH]c(=O)c1)C1CN(c2ccc3nnc(-c4cccnc4)n3n2)C1. The zero-order valence-electron chi connectivity index (χ0n) is 16.1. The molecule has 0 spiro atoms. The largest absolute Gasteiger partial charge is 0.351 e. The van der Waals surface area contributed by atoms with E-state index in [4.69, 9.17) is 0 Å². The molecule has 5 rings (SSSR count). The van der Waals surface area contributed by atoms with Crippen LogP contribution in [0.2, 0.25) is 0 Å². The summed E-state index contributed by atoms with van der Waals surface area (Å²) in [6.45, 7) is 1.29. The Kier molecular flexibility index (Phi) is 4.24. The Hall–Kier alpha value is -4.08. The monoisotopic (exact) mass is 402 g/mol. The minimum Gasteiger partial charge on any atom is -0.351 e. The van der Waals surface area contributed by atoms with Gasteiger partial charge in [-0.25, -0.2) is 0 Å². The van der Waals surface area contributed by atoms with Gasteiger partial charge in [0.1, 0.15) is 5.82 Å². The summed E-state index contributed by atoms with van der Waals surface area (Å²) in [6, 6.07) is 10.5. The van der Waals surface area contributed by atoms with E-state index in [1.54, 1.807) is 34.9 Å². The van der Waals surface area contributed by atoms with Gasteiger partial charge in [0.15, 0.2) is 11.5 Å². The van der Waals surface area contributed by atoms with Gasteiger partial charge in [-0.15, -0.1) is 15.3 Å². The van der Waals surface area contributed by atoms with E-state index in [9.17, 15) is 9.59 Å². The van der Waals surface area contributed by atoms with Crippen LogP contribution in [0.4, 0.5) is 5.82 Å². The number of pyridine rings is 2. The van der Waals surface area contributed by atoms with Crippen molar-refractivity contribution in [2.45, 2.75) is 6.04 Å². The standard InChI is InChI=1S/C20H18N8O2/c1-26(20(30)13-6-8-22-18(29)9-13)15-11-27(12-15)17-5-4-16-23-24-19(28(16)25-17)14-3-2-7-21-10-14/h2-10,15H,11-12H2,1H3,(H,22,29). The average Bonchev–Trinajstić information content (AvgIpc) is 3.16. The Morgan fingerprint density at radius 1 is 1.20 bits per heavy atom. The lowest BCUT2D eigenvalue weighted by Gasteiger charge is -2.44. The third-order valence-electron chi connectivity index (χ3n) is 5.24. The number of hydrogen-bond donors (Lipinski definition) is 1. The second-order valence-electron chi connectivity index (χ2n) is 7.14. The van der Waals surface area contributed by atoms with Crippen LogP contribution in [0.3, 0.4) is 0 Å². The highest BCUT2D eigenvalue weighted by atomic mass is 16.2. The van der Waals surface area contributed by atoms with Crippen LogP contribution >= 0.6 is 0 Å². The third-order valence-corrected chi connectivity index (χ3v) is 5.24. The number of likely N-dealkylation sites (N-methyl/N-ethyl adjacent to an activating group) is 1. The average molecular weight is 402 g/mol. The Morgan fingerprint density at radius 3 is 2.83 bits per heavy atom. The van der Waals surface area contributed by atoms with E-state index >= 15 is 0 Å². The molecular formula is C20H18N8O2. The van der Waals surface area contributed by atoms with Crippen molar-refractivity contribution in [2.75, 3.05) is 25.0 Å². The fourth-order valence-corrected chi connectivity index (χ4v) is 3.46. The van der Waals surface area contributed by atoms with E-state index < -0.39 is 0 Å². The maximum atomic E-state index is 12.6. The molecule has 10 heteroatoms. The highest BCUT2D eigenvalue weighted by Gasteiger charge is 2.34. The van der Waals surface area contributed by atoms with Gasteiger partial charge >= 0.3 is 0 Å². The van der Waals surface area contributed by atoms with Gasteiger partial charge in [-0.2, -0.15) is 4.52 Å². The predicted molar refractivity (Wildman–Crippen MR) is 109 cm³/mol. The lowest BCUT2D eigenvalue weighted by molar-refractivity contribution is 0.0704. The lowest BCUT2D eigenvalue weighted by Crippen LogP contribution is -2.60. The van der Waals surface area contributed by atoms with Crippen molar-refractivity contribution < 1.29 is 4.79 Å². The number of hydrogen-bond acceptors (Lipinski definition) is 7. The van der Waals surface area contributed by atoms with Gasteiger partial charge in [-0.1, -0.05) is 0 Å². The number of rotatable bonds is 4. The van der Waals surface area contributed by atoms with Gasteiger partial charge < -0.3 is 14.8 Å². The highest BCUT2D eigenvalue weighted by Crippen LogP contribution is 2.24. The Bertz CT molecular complexity index is 1280. The molecule has 1 fully saturated rings. The molecule has 0 aromatic carbocycles. The Balaban J connectivity index is 1.33. The Labute approximate surface area is 170 Å². The number of nitrogens with zero attached hydrogens (tertiary/aromatic N) is 7. The van der Waals surface area contributed by atoms with Crippen molar-refractivity contribution in [1.82, 2.24) is 34.7 Å². The maximum absolute atomic E-state index is 12.6. The molecule has 0 bridgehead atoms. The van der Waals surface area contributed by atoms with Crippen molar-refractivity contribution in [3.63, 3.8) is 0 Å². The summed E-state index contributed by atoms with van der Waals surface area (Å²) in [7, 11) is 1.75. The second-order valence-corrected chi connectivity index (χ2v) is 7.14. The number of anilines is 1. The van der Waals surface area contributed by atoms with Gasteiger partial charge in [-0.3, -0.25) is 14.6 Å². The summed E-state index contributed by atoms with van der Waals surface area (Å²) in [6.07, 6.45) is 4.91. The molecule has 1 aliphatic rings. The van der Waals surface area contributed by atoms with Crippen molar-refractivity contribution >= 4 is 17.4 Å². The van der Waals surface area contributed by atoms with E-state index in [2.05, 4.69) is 30.2 Å². The molecule has 1 N–H and O–H groups in total. The molecule has 0 radical (unpaired) electrons. The normalized spacial score (nSPS) is 14.0. The predicted octanol–water partition coefficient (Wildman–Crippen LogP) is 0.835. The fourth-order valence-electron chi connectivity index (χ4n) is 3.46. The molecule has 4 aromatic rings. The van der Waals surface area contributed by atoms with Gasteiger partial charge in [0.25, 0.3) is 5.91 Å². The summed E-state index contributed by atoms with van der Waals surface area (Å²) < 4.78 is 1.70. The number of amides is 1. The number of aromatic amines is 1. The summed E-state index contributed by atoms with van der Waals surface area (Å²) in [5.41, 5.74) is 1.57. The minimum absolute atomic E-state index is 0.0352. The zero-order chi connectivity index (χ0) is 20.7. The fraction of sp³-hybridized carbons (Fsp3) is 0.200. The molecular weight excluding hydrogens is 384 g/mol. The second kappa shape index (κ2) is 7.07. The van der Waals surface area contributed by atoms with Crippen molar-refractivity contribution in [2.24, 2.45) is 0 Å². The van der Waals surface area contributed by atoms with Crippen LogP contribution < -0.4 is 10.5 Å². The highest BCUT2D eigenvalue weighted by molar-refractivity contribution is 5.94. The molecule has 1 saturated heterocycles. The molecule has 1 amide bonds. The van der Waals surface area contributed by atoms with E-state index in [1.165, 1.54) is 12.3 Å². The topological polar surface area (TPSA) is 112 Å². The quantitative estimate of drug-likeness (QED) is 0.538. The van der Waals surface area contributed by atoms with E-state index in [-0.39, 0.29) is 17.5 Å².